The van der Waals surface area contributed by atoms with E-state index in [0.29, 0.717) is 11.4 Å². The molecule has 0 saturated carbocycles. The summed E-state index contributed by atoms with van der Waals surface area (Å²) in [6.07, 6.45) is 0. The molecule has 0 aliphatic heterocycles. The zero-order valence-corrected chi connectivity index (χ0v) is 15.0. The maximum absolute atomic E-state index is 11.9. The van der Waals surface area contributed by atoms with Crippen LogP contribution in [-0.2, 0) is 14.3 Å². The number of amides is 1. The fourth-order valence-electron chi connectivity index (χ4n) is 2.49. The maximum atomic E-state index is 11.9. The van der Waals surface area contributed by atoms with Gasteiger partial charge in [-0.1, -0.05) is 35.9 Å². The summed E-state index contributed by atoms with van der Waals surface area (Å²) in [6.45, 7) is 7.13. The molecule has 2 aromatic rings. The Hall–Kier alpha value is -2.82. The van der Waals surface area contributed by atoms with Gasteiger partial charge in [-0.15, -0.1) is 0 Å². The first-order valence-corrected chi connectivity index (χ1v) is 8.08. The summed E-state index contributed by atoms with van der Waals surface area (Å²) in [4.78, 5) is 23.7. The number of benzene rings is 2. The number of para-hydroxylation sites is 1. The van der Waals surface area contributed by atoms with Gasteiger partial charge in [0.1, 0.15) is 5.75 Å². The molecule has 5 heteroatoms. The van der Waals surface area contributed by atoms with Gasteiger partial charge in [0.2, 0.25) is 0 Å². The van der Waals surface area contributed by atoms with Crippen LogP contribution in [0.1, 0.15) is 22.3 Å². The van der Waals surface area contributed by atoms with E-state index in [1.54, 1.807) is 0 Å². The lowest BCUT2D eigenvalue weighted by atomic mass is 10.1. The molecule has 132 valence electrons. The molecule has 2 aromatic carbocycles. The first-order chi connectivity index (χ1) is 11.9. The largest absolute Gasteiger partial charge is 0.481 e. The molecular weight excluding hydrogens is 318 g/mol. The number of hydrogen-bond acceptors (Lipinski definition) is 4. The van der Waals surface area contributed by atoms with Crippen LogP contribution in [0.4, 0.5) is 5.69 Å². The second-order valence-corrected chi connectivity index (χ2v) is 6.04. The molecule has 0 radical (unpaired) electrons. The van der Waals surface area contributed by atoms with E-state index in [0.717, 1.165) is 22.3 Å². The van der Waals surface area contributed by atoms with E-state index in [-0.39, 0.29) is 19.1 Å². The summed E-state index contributed by atoms with van der Waals surface area (Å²) in [5.74, 6) is -0.301. The molecular formula is C20H23NO4. The molecule has 25 heavy (non-hydrogen) atoms. The summed E-state index contributed by atoms with van der Waals surface area (Å²) in [5.41, 5.74) is 4.67. The predicted octanol–water partition coefficient (Wildman–Crippen LogP) is 3.48. The van der Waals surface area contributed by atoms with Crippen molar-refractivity contribution >= 4 is 17.6 Å². The zero-order chi connectivity index (χ0) is 18.4. The van der Waals surface area contributed by atoms with Gasteiger partial charge in [-0.3, -0.25) is 4.79 Å². The quantitative estimate of drug-likeness (QED) is 0.817. The van der Waals surface area contributed by atoms with Gasteiger partial charge in [0.15, 0.2) is 13.2 Å². The zero-order valence-electron chi connectivity index (χ0n) is 15.0. The van der Waals surface area contributed by atoms with Crippen LogP contribution in [0.15, 0.2) is 36.4 Å². The van der Waals surface area contributed by atoms with Crippen LogP contribution in [0.5, 0.6) is 5.75 Å². The summed E-state index contributed by atoms with van der Waals surface area (Å²) in [5, 5.41) is 2.73. The molecule has 0 spiro atoms. The third-order valence-electron chi connectivity index (χ3n) is 3.76. The third kappa shape index (κ3) is 5.35. The number of ether oxygens (including phenoxy) is 2. The van der Waals surface area contributed by atoms with E-state index in [4.69, 9.17) is 9.47 Å². The number of carbonyl (C=O) groups is 2. The van der Waals surface area contributed by atoms with Gasteiger partial charge >= 0.3 is 5.97 Å². The number of hydrogen-bond donors (Lipinski definition) is 1. The number of nitrogens with one attached hydrogen (secondary N) is 1. The highest BCUT2D eigenvalue weighted by molar-refractivity contribution is 5.93. The van der Waals surface area contributed by atoms with Crippen molar-refractivity contribution in [2.75, 3.05) is 18.5 Å². The van der Waals surface area contributed by atoms with E-state index >= 15 is 0 Å². The third-order valence-corrected chi connectivity index (χ3v) is 3.76. The molecule has 0 bridgehead atoms. The van der Waals surface area contributed by atoms with Crippen LogP contribution in [0, 0.1) is 27.7 Å². The molecule has 0 atom stereocenters. The minimum absolute atomic E-state index is 0.234. The molecule has 1 amide bonds. The Bertz CT molecular complexity index is 763. The minimum Gasteiger partial charge on any atom is -0.481 e. The van der Waals surface area contributed by atoms with Gasteiger partial charge in [0, 0.05) is 5.69 Å². The lowest BCUT2D eigenvalue weighted by Gasteiger charge is -2.12. The average molecular weight is 341 g/mol. The van der Waals surface area contributed by atoms with E-state index in [1.807, 2.05) is 64.1 Å². The lowest BCUT2D eigenvalue weighted by molar-refractivity contribution is -0.149. The number of esters is 1. The Balaban J connectivity index is 1.80. The van der Waals surface area contributed by atoms with Gasteiger partial charge in [-0.2, -0.15) is 0 Å². The summed E-state index contributed by atoms with van der Waals surface area (Å²) in [7, 11) is 0. The van der Waals surface area contributed by atoms with Crippen LogP contribution in [0.3, 0.4) is 0 Å². The van der Waals surface area contributed by atoms with Crippen molar-refractivity contribution in [3.05, 3.63) is 58.7 Å². The van der Waals surface area contributed by atoms with Gasteiger partial charge in [-0.05, 0) is 50.5 Å². The Kier molecular flexibility index (Phi) is 6.17. The van der Waals surface area contributed by atoms with E-state index < -0.39 is 5.97 Å². The van der Waals surface area contributed by atoms with Crippen LogP contribution in [0.25, 0.3) is 0 Å². The molecule has 0 heterocycles. The second-order valence-electron chi connectivity index (χ2n) is 6.04. The van der Waals surface area contributed by atoms with Gasteiger partial charge < -0.3 is 14.8 Å². The standard InChI is InChI=1S/C20H23NO4/c1-13-8-9-17(16(4)10-13)21-18(22)11-24-19(23)12-25-20-14(2)6-5-7-15(20)3/h5-10H,11-12H2,1-4H3,(H,21,22). The molecule has 0 unspecified atom stereocenters. The number of anilines is 1. The monoisotopic (exact) mass is 341 g/mol. The molecule has 0 saturated heterocycles. The second kappa shape index (κ2) is 8.33. The molecule has 0 aromatic heterocycles. The highest BCUT2D eigenvalue weighted by Gasteiger charge is 2.11. The maximum Gasteiger partial charge on any atom is 0.344 e. The topological polar surface area (TPSA) is 64.6 Å². The lowest BCUT2D eigenvalue weighted by Crippen LogP contribution is -2.24. The van der Waals surface area contributed by atoms with Crippen LogP contribution < -0.4 is 10.1 Å². The first-order valence-electron chi connectivity index (χ1n) is 8.08. The smallest absolute Gasteiger partial charge is 0.344 e. The first kappa shape index (κ1) is 18.5. The van der Waals surface area contributed by atoms with E-state index in [9.17, 15) is 9.59 Å². The minimum atomic E-state index is -0.585. The highest BCUT2D eigenvalue weighted by Crippen LogP contribution is 2.22. The number of rotatable bonds is 6. The molecule has 0 fully saturated rings. The molecule has 0 aliphatic rings. The van der Waals surface area contributed by atoms with Crippen molar-refractivity contribution in [1.82, 2.24) is 0 Å². The summed E-state index contributed by atoms with van der Waals surface area (Å²) >= 11 is 0. The fourth-order valence-corrected chi connectivity index (χ4v) is 2.49. The molecule has 2 rings (SSSR count). The Morgan fingerprint density at radius 2 is 1.60 bits per heavy atom. The van der Waals surface area contributed by atoms with Gasteiger partial charge in [-0.25, -0.2) is 4.79 Å². The van der Waals surface area contributed by atoms with Crippen molar-refractivity contribution in [2.24, 2.45) is 0 Å². The number of aryl methyl sites for hydroxylation is 4. The van der Waals surface area contributed by atoms with Gasteiger partial charge in [0.05, 0.1) is 0 Å². The normalized spacial score (nSPS) is 10.2. The SMILES string of the molecule is Cc1ccc(NC(=O)COC(=O)COc2c(C)cccc2C)c(C)c1. The van der Waals surface area contributed by atoms with Crippen LogP contribution >= 0.6 is 0 Å². The van der Waals surface area contributed by atoms with Crippen molar-refractivity contribution in [3.8, 4) is 5.75 Å². The van der Waals surface area contributed by atoms with Crippen molar-refractivity contribution in [3.63, 3.8) is 0 Å². The molecule has 5 nitrogen and oxygen atoms in total. The van der Waals surface area contributed by atoms with Crippen molar-refractivity contribution in [2.45, 2.75) is 27.7 Å². The van der Waals surface area contributed by atoms with E-state index in [1.165, 1.54) is 0 Å². The highest BCUT2D eigenvalue weighted by atomic mass is 16.6. The van der Waals surface area contributed by atoms with E-state index in [2.05, 4.69) is 5.32 Å². The van der Waals surface area contributed by atoms with Gasteiger partial charge in [0.25, 0.3) is 5.91 Å². The van der Waals surface area contributed by atoms with Crippen LogP contribution in [0.2, 0.25) is 0 Å². The summed E-state index contributed by atoms with van der Waals surface area (Å²) in [6, 6.07) is 11.4. The Labute approximate surface area is 148 Å². The Morgan fingerprint density at radius 3 is 2.24 bits per heavy atom. The number of carbonyl (C=O) groups excluding carboxylic acids is 2. The molecule has 0 aliphatic carbocycles. The van der Waals surface area contributed by atoms with Crippen molar-refractivity contribution < 1.29 is 19.1 Å². The fraction of sp³-hybridized carbons (Fsp3) is 0.300. The average Bonchev–Trinajstić information content (AvgIpc) is 2.55. The Morgan fingerprint density at radius 1 is 0.920 bits per heavy atom. The van der Waals surface area contributed by atoms with Crippen LogP contribution in [-0.4, -0.2) is 25.1 Å². The predicted molar refractivity (Wildman–Crippen MR) is 96.9 cm³/mol. The van der Waals surface area contributed by atoms with Crippen molar-refractivity contribution in [1.29, 1.82) is 0 Å². The molecule has 1 N–H and O–H groups in total. The summed E-state index contributed by atoms with van der Waals surface area (Å²) < 4.78 is 10.5.